The number of carbonyl (C=O) groups excluding carboxylic acids is 2. The van der Waals surface area contributed by atoms with E-state index in [1.165, 1.54) is 16.8 Å². The summed E-state index contributed by atoms with van der Waals surface area (Å²) in [5, 5.41) is 17.9. The number of nitrogens with zero attached hydrogens (tertiary/aromatic N) is 5. The van der Waals surface area contributed by atoms with Crippen molar-refractivity contribution in [1.29, 1.82) is 0 Å². The predicted octanol–water partition coefficient (Wildman–Crippen LogP) is 1.95. The minimum Gasteiger partial charge on any atom is -0.494 e. The summed E-state index contributed by atoms with van der Waals surface area (Å²) in [5.74, 6) is -3.67. The quantitative estimate of drug-likeness (QED) is 0.503. The maximum Gasteiger partial charge on any atom is 0.291 e. The maximum atomic E-state index is 13.1. The first-order valence-corrected chi connectivity index (χ1v) is 13.2. The molecule has 0 radical (unpaired) electrons. The normalized spacial score (nSPS) is 20.4. The van der Waals surface area contributed by atoms with Crippen molar-refractivity contribution in [1.82, 2.24) is 29.3 Å². The number of aromatic nitrogens is 3. The molecule has 206 valence electrons. The lowest BCUT2D eigenvalue weighted by atomic mass is 9.81. The largest absolute Gasteiger partial charge is 0.494 e. The zero-order valence-electron chi connectivity index (χ0n) is 21.7. The van der Waals surface area contributed by atoms with Crippen LogP contribution in [0.5, 0.6) is 5.88 Å². The summed E-state index contributed by atoms with van der Waals surface area (Å²) in [6, 6.07) is 0.0162. The highest BCUT2D eigenvalue weighted by Gasteiger charge is 2.45. The lowest BCUT2D eigenvalue weighted by Gasteiger charge is -2.41. The lowest BCUT2D eigenvalue weighted by Crippen LogP contribution is -2.51. The topological polar surface area (TPSA) is 112 Å². The minimum absolute atomic E-state index is 0.0162. The molecule has 0 spiro atoms. The standard InChI is InChI=1S/C26H34F2N6O4/c1-16(2)14-33-23-18(13-29-34(23)25(38)21(24(33)37)22(36)30-19-4-5-19)3-6-20(35)32-9-7-31(8-10-32)15-17-11-26(27,28)12-17/h3,6,13,16-17,19,37H,4-5,7-12,14-15H2,1-2H3,(H,30,36). The van der Waals surface area contributed by atoms with Gasteiger partial charge in [0, 0.05) is 69.8 Å². The van der Waals surface area contributed by atoms with E-state index in [0.717, 1.165) is 17.4 Å². The Morgan fingerprint density at radius 1 is 1.21 bits per heavy atom. The Morgan fingerprint density at radius 2 is 1.89 bits per heavy atom. The van der Waals surface area contributed by atoms with Gasteiger partial charge in [-0.25, -0.2) is 8.78 Å². The number of nitrogens with one attached hydrogen (secondary N) is 1. The molecule has 2 saturated carbocycles. The van der Waals surface area contributed by atoms with Gasteiger partial charge in [0.1, 0.15) is 5.65 Å². The smallest absolute Gasteiger partial charge is 0.291 e. The summed E-state index contributed by atoms with van der Waals surface area (Å²) in [7, 11) is 0. The van der Waals surface area contributed by atoms with E-state index in [9.17, 15) is 28.3 Å². The second kappa shape index (κ2) is 10.1. The van der Waals surface area contributed by atoms with E-state index in [1.807, 2.05) is 13.8 Å². The van der Waals surface area contributed by atoms with Crippen molar-refractivity contribution in [3.05, 3.63) is 33.8 Å². The molecule has 1 aliphatic heterocycles. The zero-order chi connectivity index (χ0) is 27.2. The van der Waals surface area contributed by atoms with E-state index < -0.39 is 23.3 Å². The minimum atomic E-state index is -2.52. The van der Waals surface area contributed by atoms with E-state index in [2.05, 4.69) is 15.3 Å². The Balaban J connectivity index is 1.32. The third-order valence-electron chi connectivity index (χ3n) is 7.38. The molecule has 3 heterocycles. The maximum absolute atomic E-state index is 13.1. The fourth-order valence-electron chi connectivity index (χ4n) is 5.25. The van der Waals surface area contributed by atoms with Gasteiger partial charge in [-0.3, -0.25) is 23.9 Å². The predicted molar refractivity (Wildman–Crippen MR) is 136 cm³/mol. The summed E-state index contributed by atoms with van der Waals surface area (Å²) < 4.78 is 28.8. The molecule has 0 unspecified atom stereocenters. The van der Waals surface area contributed by atoms with Gasteiger partial charge >= 0.3 is 0 Å². The van der Waals surface area contributed by atoms with Crippen molar-refractivity contribution in [2.24, 2.45) is 11.8 Å². The number of hydrogen-bond donors (Lipinski definition) is 2. The molecule has 5 rings (SSSR count). The number of rotatable bonds is 8. The molecule has 2 amide bonds. The molecule has 1 saturated heterocycles. The van der Waals surface area contributed by atoms with Crippen LogP contribution in [0.2, 0.25) is 0 Å². The molecule has 0 atom stereocenters. The van der Waals surface area contributed by atoms with Crippen LogP contribution in [-0.4, -0.2) is 85.6 Å². The first-order valence-electron chi connectivity index (χ1n) is 13.2. The molecule has 2 aromatic rings. The molecule has 2 aliphatic carbocycles. The summed E-state index contributed by atoms with van der Waals surface area (Å²) >= 11 is 0. The number of alkyl halides is 2. The van der Waals surface area contributed by atoms with Gasteiger partial charge in [-0.15, -0.1) is 0 Å². The second-order valence-corrected chi connectivity index (χ2v) is 11.2. The number of hydrogen-bond acceptors (Lipinski definition) is 6. The highest BCUT2D eigenvalue weighted by atomic mass is 19.3. The Bertz CT molecular complexity index is 1310. The number of carbonyl (C=O) groups is 2. The molecule has 0 aromatic carbocycles. The van der Waals surface area contributed by atoms with Gasteiger partial charge in [0.25, 0.3) is 11.5 Å². The Kier molecular flexibility index (Phi) is 7.01. The van der Waals surface area contributed by atoms with Crippen molar-refractivity contribution in [3.8, 4) is 5.88 Å². The summed E-state index contributed by atoms with van der Waals surface area (Å²) in [5.41, 5.74) is -0.300. The number of aromatic hydroxyl groups is 1. The summed E-state index contributed by atoms with van der Waals surface area (Å²) in [6.45, 7) is 7.12. The first kappa shape index (κ1) is 26.3. The van der Waals surface area contributed by atoms with Gasteiger partial charge < -0.3 is 15.3 Å². The molecule has 3 fully saturated rings. The van der Waals surface area contributed by atoms with Crippen molar-refractivity contribution in [2.75, 3.05) is 32.7 Å². The van der Waals surface area contributed by atoms with E-state index in [4.69, 9.17) is 0 Å². The number of fused-ring (bicyclic) bond motifs is 1. The van der Waals surface area contributed by atoms with Gasteiger partial charge in [0.05, 0.1) is 6.20 Å². The van der Waals surface area contributed by atoms with Gasteiger partial charge in [-0.2, -0.15) is 9.61 Å². The molecular weight excluding hydrogens is 498 g/mol. The van der Waals surface area contributed by atoms with Gasteiger partial charge in [-0.1, -0.05) is 13.8 Å². The average molecular weight is 533 g/mol. The van der Waals surface area contributed by atoms with E-state index in [-0.39, 0.29) is 42.2 Å². The highest BCUT2D eigenvalue weighted by molar-refractivity contribution is 5.97. The van der Waals surface area contributed by atoms with Gasteiger partial charge in [-0.05, 0) is 30.8 Å². The van der Waals surface area contributed by atoms with Crippen LogP contribution in [0.15, 0.2) is 17.1 Å². The van der Waals surface area contributed by atoms with Crippen molar-refractivity contribution in [2.45, 2.75) is 58.0 Å². The molecule has 12 heteroatoms. The van der Waals surface area contributed by atoms with Crippen LogP contribution in [0, 0.1) is 11.8 Å². The van der Waals surface area contributed by atoms with Crippen molar-refractivity contribution >= 4 is 23.5 Å². The Hall–Kier alpha value is -3.28. The SMILES string of the molecule is CC(C)Cn1c(O)c(C(=O)NC2CC2)c(=O)n2ncc(C=CC(=O)N3CCN(CC4CC(F)(F)C4)CC3)c12. The van der Waals surface area contributed by atoms with Crippen LogP contribution in [-0.2, 0) is 11.3 Å². The number of piperazine rings is 1. The van der Waals surface area contributed by atoms with Crippen LogP contribution < -0.4 is 10.9 Å². The summed E-state index contributed by atoms with van der Waals surface area (Å²) in [6.07, 6.45) is 5.98. The molecule has 38 heavy (non-hydrogen) atoms. The van der Waals surface area contributed by atoms with E-state index in [1.54, 1.807) is 11.0 Å². The highest BCUT2D eigenvalue weighted by Crippen LogP contribution is 2.42. The number of amides is 2. The fourth-order valence-corrected chi connectivity index (χ4v) is 5.25. The molecule has 10 nitrogen and oxygen atoms in total. The van der Waals surface area contributed by atoms with Crippen LogP contribution in [0.1, 0.15) is 55.5 Å². The van der Waals surface area contributed by atoms with Crippen LogP contribution in [0.25, 0.3) is 11.7 Å². The Labute approximate surface area is 218 Å². The van der Waals surface area contributed by atoms with Crippen molar-refractivity contribution in [3.63, 3.8) is 0 Å². The first-order chi connectivity index (χ1) is 18.0. The van der Waals surface area contributed by atoms with Gasteiger partial charge in [0.15, 0.2) is 5.56 Å². The van der Waals surface area contributed by atoms with Crippen LogP contribution in [0.4, 0.5) is 8.78 Å². The molecule has 3 aliphatic rings. The molecule has 2 aromatic heterocycles. The molecule has 0 bridgehead atoms. The second-order valence-electron chi connectivity index (χ2n) is 11.2. The van der Waals surface area contributed by atoms with E-state index in [0.29, 0.717) is 50.5 Å². The Morgan fingerprint density at radius 3 is 2.50 bits per heavy atom. The van der Waals surface area contributed by atoms with Crippen LogP contribution >= 0.6 is 0 Å². The lowest BCUT2D eigenvalue weighted by molar-refractivity contribution is -0.129. The van der Waals surface area contributed by atoms with E-state index >= 15 is 0 Å². The molecule has 2 N–H and O–H groups in total. The average Bonchev–Trinajstić information content (AvgIpc) is 3.54. The van der Waals surface area contributed by atoms with Crippen LogP contribution in [0.3, 0.4) is 0 Å². The monoisotopic (exact) mass is 532 g/mol. The zero-order valence-corrected chi connectivity index (χ0v) is 21.7. The summed E-state index contributed by atoms with van der Waals surface area (Å²) in [4.78, 5) is 42.6. The fraction of sp³-hybridized carbons (Fsp3) is 0.615. The van der Waals surface area contributed by atoms with Crippen molar-refractivity contribution < 1.29 is 23.5 Å². The third kappa shape index (κ3) is 5.45. The third-order valence-corrected chi connectivity index (χ3v) is 7.38. The number of halogens is 2. The molecular formula is C26H34F2N6O4. The van der Waals surface area contributed by atoms with Gasteiger partial charge in [0.2, 0.25) is 17.7 Å².